The Labute approximate surface area is 110 Å². The first-order valence-electron chi connectivity index (χ1n) is 5.79. The van der Waals surface area contributed by atoms with Crippen molar-refractivity contribution in [3.63, 3.8) is 0 Å². The molecule has 2 atom stereocenters. The van der Waals surface area contributed by atoms with Gasteiger partial charge in [-0.15, -0.1) is 0 Å². The molecule has 2 unspecified atom stereocenters. The number of halogens is 1. The highest BCUT2D eigenvalue weighted by Crippen LogP contribution is 2.38. The van der Waals surface area contributed by atoms with Crippen LogP contribution in [0.5, 0.6) is 0 Å². The third kappa shape index (κ3) is 2.80. The molecule has 1 saturated carbocycles. The van der Waals surface area contributed by atoms with Gasteiger partial charge in [-0.25, -0.2) is 0 Å². The summed E-state index contributed by atoms with van der Waals surface area (Å²) in [6.45, 7) is 3.06. The van der Waals surface area contributed by atoms with Gasteiger partial charge in [0.05, 0.1) is 5.56 Å². The standard InChI is InChI=1S/C13H17BrN2O/c1-8-5-9(8)7-16(2)13(17)11-6-10(15)3-4-12(11)14/h3-4,6,8-9H,5,7,15H2,1-2H3. The van der Waals surface area contributed by atoms with Gasteiger partial charge in [-0.05, 0) is 52.4 Å². The van der Waals surface area contributed by atoms with Crippen LogP contribution in [0.15, 0.2) is 22.7 Å². The Kier molecular flexibility index (Phi) is 3.43. The van der Waals surface area contributed by atoms with Crippen LogP contribution < -0.4 is 5.73 Å². The molecule has 0 heterocycles. The van der Waals surface area contributed by atoms with Crippen molar-refractivity contribution in [2.75, 3.05) is 19.3 Å². The zero-order chi connectivity index (χ0) is 12.6. The third-order valence-corrected chi connectivity index (χ3v) is 4.04. The highest BCUT2D eigenvalue weighted by Gasteiger charge is 2.34. The number of amides is 1. The van der Waals surface area contributed by atoms with E-state index < -0.39 is 0 Å². The summed E-state index contributed by atoms with van der Waals surface area (Å²) in [5, 5.41) is 0. The summed E-state index contributed by atoms with van der Waals surface area (Å²) < 4.78 is 0.799. The average molecular weight is 297 g/mol. The Morgan fingerprint density at radius 2 is 2.24 bits per heavy atom. The molecule has 1 fully saturated rings. The maximum Gasteiger partial charge on any atom is 0.254 e. The maximum absolute atomic E-state index is 12.2. The summed E-state index contributed by atoms with van der Waals surface area (Å²) in [6.07, 6.45) is 1.23. The van der Waals surface area contributed by atoms with Crippen LogP contribution >= 0.6 is 15.9 Å². The second kappa shape index (κ2) is 4.69. The number of hydrogen-bond acceptors (Lipinski definition) is 2. The number of nitrogen functional groups attached to an aromatic ring is 1. The van der Waals surface area contributed by atoms with Gasteiger partial charge in [-0.3, -0.25) is 4.79 Å². The van der Waals surface area contributed by atoms with Crippen molar-refractivity contribution >= 4 is 27.5 Å². The van der Waals surface area contributed by atoms with Crippen molar-refractivity contribution in [1.29, 1.82) is 0 Å². The van der Waals surface area contributed by atoms with Crippen LogP contribution in [0.1, 0.15) is 23.7 Å². The van der Waals surface area contributed by atoms with Crippen molar-refractivity contribution in [1.82, 2.24) is 4.90 Å². The number of rotatable bonds is 3. The van der Waals surface area contributed by atoms with Crippen LogP contribution in [-0.2, 0) is 0 Å². The van der Waals surface area contributed by atoms with E-state index in [9.17, 15) is 4.79 Å². The molecule has 1 aromatic rings. The zero-order valence-corrected chi connectivity index (χ0v) is 11.7. The Morgan fingerprint density at radius 3 is 2.82 bits per heavy atom. The fraction of sp³-hybridized carbons (Fsp3) is 0.462. The van der Waals surface area contributed by atoms with E-state index >= 15 is 0 Å². The molecule has 0 radical (unpaired) electrons. The van der Waals surface area contributed by atoms with Crippen molar-refractivity contribution in [3.05, 3.63) is 28.2 Å². The highest BCUT2D eigenvalue weighted by molar-refractivity contribution is 9.10. The number of nitrogens with two attached hydrogens (primary N) is 1. The second-order valence-corrected chi connectivity index (χ2v) is 5.75. The fourth-order valence-corrected chi connectivity index (χ4v) is 2.42. The van der Waals surface area contributed by atoms with Crippen LogP contribution in [0.4, 0.5) is 5.69 Å². The number of hydrogen-bond donors (Lipinski definition) is 1. The Hall–Kier alpha value is -1.03. The highest BCUT2D eigenvalue weighted by atomic mass is 79.9. The van der Waals surface area contributed by atoms with Gasteiger partial charge >= 0.3 is 0 Å². The van der Waals surface area contributed by atoms with Gasteiger partial charge in [0.2, 0.25) is 0 Å². The maximum atomic E-state index is 12.2. The lowest BCUT2D eigenvalue weighted by Crippen LogP contribution is -2.29. The predicted octanol–water partition coefficient (Wildman–Crippen LogP) is 2.76. The van der Waals surface area contributed by atoms with Gasteiger partial charge in [-0.1, -0.05) is 6.92 Å². The van der Waals surface area contributed by atoms with Gasteiger partial charge < -0.3 is 10.6 Å². The average Bonchev–Trinajstić information content (AvgIpc) is 2.96. The van der Waals surface area contributed by atoms with E-state index in [1.165, 1.54) is 6.42 Å². The fourth-order valence-electron chi connectivity index (χ4n) is 2.00. The summed E-state index contributed by atoms with van der Waals surface area (Å²) >= 11 is 3.39. The largest absolute Gasteiger partial charge is 0.399 e. The van der Waals surface area contributed by atoms with Gasteiger partial charge in [-0.2, -0.15) is 0 Å². The molecule has 2 rings (SSSR count). The van der Waals surface area contributed by atoms with Crippen LogP contribution in [0.25, 0.3) is 0 Å². The monoisotopic (exact) mass is 296 g/mol. The van der Waals surface area contributed by atoms with Gasteiger partial charge in [0.1, 0.15) is 0 Å². The van der Waals surface area contributed by atoms with Crippen LogP contribution in [-0.4, -0.2) is 24.4 Å². The molecule has 92 valence electrons. The molecule has 1 aliphatic carbocycles. The van der Waals surface area contributed by atoms with E-state index in [1.807, 2.05) is 13.1 Å². The lowest BCUT2D eigenvalue weighted by atomic mass is 10.1. The van der Waals surface area contributed by atoms with Gasteiger partial charge in [0.25, 0.3) is 5.91 Å². The van der Waals surface area contributed by atoms with E-state index in [2.05, 4.69) is 22.9 Å². The number of benzene rings is 1. The Morgan fingerprint density at radius 1 is 1.59 bits per heavy atom. The van der Waals surface area contributed by atoms with Crippen LogP contribution in [0.3, 0.4) is 0 Å². The third-order valence-electron chi connectivity index (χ3n) is 3.35. The number of carbonyl (C=O) groups excluding carboxylic acids is 1. The van der Waals surface area contributed by atoms with Crippen molar-refractivity contribution < 1.29 is 4.79 Å². The van der Waals surface area contributed by atoms with E-state index in [-0.39, 0.29) is 5.91 Å². The van der Waals surface area contributed by atoms with Crippen molar-refractivity contribution in [2.24, 2.45) is 11.8 Å². The Balaban J connectivity index is 2.10. The first kappa shape index (κ1) is 12.4. The molecule has 0 bridgehead atoms. The van der Waals surface area contributed by atoms with Crippen LogP contribution in [0.2, 0.25) is 0 Å². The lowest BCUT2D eigenvalue weighted by Gasteiger charge is -2.18. The van der Waals surface area contributed by atoms with Crippen LogP contribution in [0, 0.1) is 11.8 Å². The molecule has 1 aromatic carbocycles. The number of carbonyl (C=O) groups is 1. The molecule has 17 heavy (non-hydrogen) atoms. The molecule has 1 aliphatic rings. The number of anilines is 1. The predicted molar refractivity (Wildman–Crippen MR) is 72.8 cm³/mol. The minimum Gasteiger partial charge on any atom is -0.399 e. The van der Waals surface area contributed by atoms with Crippen molar-refractivity contribution in [2.45, 2.75) is 13.3 Å². The normalized spacial score (nSPS) is 22.3. The summed E-state index contributed by atoms with van der Waals surface area (Å²) in [5.74, 6) is 1.46. The summed E-state index contributed by atoms with van der Waals surface area (Å²) in [7, 11) is 1.85. The molecule has 4 heteroatoms. The first-order chi connectivity index (χ1) is 7.99. The lowest BCUT2D eigenvalue weighted by molar-refractivity contribution is 0.0786. The molecule has 3 nitrogen and oxygen atoms in total. The SMILES string of the molecule is CC1CC1CN(C)C(=O)c1cc(N)ccc1Br. The first-order valence-corrected chi connectivity index (χ1v) is 6.59. The zero-order valence-electron chi connectivity index (χ0n) is 10.1. The smallest absolute Gasteiger partial charge is 0.254 e. The number of nitrogens with zero attached hydrogens (tertiary/aromatic N) is 1. The summed E-state index contributed by atoms with van der Waals surface area (Å²) in [4.78, 5) is 14.0. The Bertz CT molecular complexity index is 447. The van der Waals surface area contributed by atoms with E-state index in [0.29, 0.717) is 17.2 Å². The minimum absolute atomic E-state index is 0.0308. The summed E-state index contributed by atoms with van der Waals surface area (Å²) in [6, 6.07) is 5.32. The summed E-state index contributed by atoms with van der Waals surface area (Å²) in [5.41, 5.74) is 6.96. The molecule has 0 saturated heterocycles. The molecule has 0 spiro atoms. The molecule has 2 N–H and O–H groups in total. The second-order valence-electron chi connectivity index (χ2n) is 4.90. The quantitative estimate of drug-likeness (QED) is 0.872. The van der Waals surface area contributed by atoms with Gasteiger partial charge in [0.15, 0.2) is 0 Å². The molecular weight excluding hydrogens is 280 g/mol. The minimum atomic E-state index is 0.0308. The van der Waals surface area contributed by atoms with E-state index in [1.54, 1.807) is 17.0 Å². The topological polar surface area (TPSA) is 46.3 Å². The molecule has 1 amide bonds. The van der Waals surface area contributed by atoms with E-state index in [0.717, 1.165) is 16.9 Å². The van der Waals surface area contributed by atoms with Crippen molar-refractivity contribution in [3.8, 4) is 0 Å². The van der Waals surface area contributed by atoms with Gasteiger partial charge in [0, 0.05) is 23.8 Å². The molecule has 0 aromatic heterocycles. The van der Waals surface area contributed by atoms with E-state index in [4.69, 9.17) is 5.73 Å². The molecule has 0 aliphatic heterocycles. The molecular formula is C13H17BrN2O.